The molecule has 2 aliphatic rings. The first-order valence-electron chi connectivity index (χ1n) is 12.9. The zero-order valence-corrected chi connectivity index (χ0v) is 23.6. The van der Waals surface area contributed by atoms with Crippen LogP contribution in [0.3, 0.4) is 0 Å². The number of aryl methyl sites for hydroxylation is 1. The Hall–Kier alpha value is -4.33. The highest BCUT2D eigenvalue weighted by atomic mass is 32.1. The van der Waals surface area contributed by atoms with Crippen molar-refractivity contribution in [1.29, 1.82) is 0 Å². The number of methoxy groups -OCH3 is 1. The summed E-state index contributed by atoms with van der Waals surface area (Å²) in [5, 5.41) is 3.06. The molecule has 2 unspecified atom stereocenters. The van der Waals surface area contributed by atoms with Crippen LogP contribution >= 0.6 is 11.3 Å². The van der Waals surface area contributed by atoms with Crippen molar-refractivity contribution in [2.75, 3.05) is 13.7 Å². The Balaban J connectivity index is 1.43. The summed E-state index contributed by atoms with van der Waals surface area (Å²) in [4.78, 5) is 34.2. The lowest BCUT2D eigenvalue weighted by molar-refractivity contribution is -0.184. The minimum atomic E-state index is -4.99. The van der Waals surface area contributed by atoms with Gasteiger partial charge in [-0.05, 0) is 56.3 Å². The maximum absolute atomic E-state index is 14.9. The highest BCUT2D eigenvalue weighted by molar-refractivity contribution is 7.18. The Bertz CT molecular complexity index is 1810. The van der Waals surface area contributed by atoms with Gasteiger partial charge in [-0.15, -0.1) is 11.3 Å². The minimum absolute atomic E-state index is 0.0496. The maximum atomic E-state index is 14.9. The molecule has 3 heterocycles. The molecule has 0 radical (unpaired) electrons. The molecule has 1 aliphatic carbocycles. The van der Waals surface area contributed by atoms with E-state index in [1.165, 1.54) is 42.7 Å². The third kappa shape index (κ3) is 4.21. The van der Waals surface area contributed by atoms with Crippen LogP contribution in [0.5, 0.6) is 11.5 Å². The molecular weight excluding hydrogens is 595 g/mol. The van der Waals surface area contributed by atoms with Gasteiger partial charge in [-0.3, -0.25) is 9.59 Å². The molecule has 1 fully saturated rings. The van der Waals surface area contributed by atoms with Gasteiger partial charge in [-0.1, -0.05) is 0 Å². The molecule has 43 heavy (non-hydrogen) atoms. The first kappa shape index (κ1) is 28.8. The summed E-state index contributed by atoms with van der Waals surface area (Å²) in [6.45, 7) is 1.63. The average Bonchev–Trinajstić information content (AvgIpc) is 3.22. The zero-order valence-electron chi connectivity index (χ0n) is 22.8. The molecule has 0 bridgehead atoms. The number of ether oxygens (including phenoxy) is 2. The smallest absolute Gasteiger partial charge is 0.401 e. The summed E-state index contributed by atoms with van der Waals surface area (Å²) in [5.74, 6) is -2.35. The van der Waals surface area contributed by atoms with E-state index in [0.717, 1.165) is 25.1 Å². The summed E-state index contributed by atoms with van der Waals surface area (Å²) >= 11 is 1.29. The van der Waals surface area contributed by atoms with Crippen LogP contribution < -0.4 is 20.5 Å². The van der Waals surface area contributed by atoms with E-state index in [9.17, 15) is 31.5 Å². The number of carbonyl (C=O) groups is 2. The van der Waals surface area contributed by atoms with E-state index < -0.39 is 59.2 Å². The second-order valence-electron chi connectivity index (χ2n) is 10.7. The third-order valence-corrected chi connectivity index (χ3v) is 8.99. The molecule has 4 aromatic rings. The van der Waals surface area contributed by atoms with E-state index in [2.05, 4.69) is 15.3 Å². The second-order valence-corrected chi connectivity index (χ2v) is 11.9. The van der Waals surface area contributed by atoms with Gasteiger partial charge in [0.1, 0.15) is 28.2 Å². The van der Waals surface area contributed by atoms with E-state index in [0.29, 0.717) is 15.2 Å². The number of nitrogens with zero attached hydrogens (tertiary/aromatic N) is 2. The fourth-order valence-corrected chi connectivity index (χ4v) is 6.33. The monoisotopic (exact) mass is 618 g/mol. The van der Waals surface area contributed by atoms with Crippen molar-refractivity contribution in [3.63, 3.8) is 0 Å². The number of carbonyl (C=O) groups excluding carboxylic acids is 2. The zero-order chi connectivity index (χ0) is 31.1. The number of nitrogens with one attached hydrogen (secondary N) is 1. The average molecular weight is 619 g/mol. The highest BCUT2D eigenvalue weighted by Crippen LogP contribution is 2.63. The van der Waals surface area contributed by atoms with Crippen molar-refractivity contribution >= 4 is 33.4 Å². The molecule has 0 saturated heterocycles. The Morgan fingerprint density at radius 3 is 2.49 bits per heavy atom. The number of hydrogen-bond donors (Lipinski definition) is 2. The summed E-state index contributed by atoms with van der Waals surface area (Å²) in [6.07, 6.45) is -8.19. The first-order valence-corrected chi connectivity index (χ1v) is 13.8. The van der Waals surface area contributed by atoms with Crippen LogP contribution in [0.2, 0.25) is 0 Å². The molecule has 14 heteroatoms. The SMILES string of the molecule is COc1cc(C(=O)NC[C@](C)(c2cc3c(c(-c4ccc(F)cc4)n2)OC2C(F)[C@@]32C(N)=O)C(F)(F)F)cc2sc(C)nc12. The molecule has 8 nitrogen and oxygen atoms in total. The number of hydrogen-bond acceptors (Lipinski definition) is 7. The molecule has 2 aromatic carbocycles. The molecule has 3 N–H and O–H groups in total. The number of primary amides is 1. The van der Waals surface area contributed by atoms with Gasteiger partial charge >= 0.3 is 6.18 Å². The predicted octanol–water partition coefficient (Wildman–Crippen LogP) is 4.90. The van der Waals surface area contributed by atoms with Crippen molar-refractivity contribution in [3.05, 3.63) is 70.1 Å². The topological polar surface area (TPSA) is 116 Å². The van der Waals surface area contributed by atoms with Crippen molar-refractivity contribution < 1.29 is 41.0 Å². The number of thiazole rings is 1. The standard InChI is InChI=1S/C29H23F5N4O4S/c1-12-37-21-17(41-3)8-14(9-18(21)43-12)25(39)36-11-27(2,29(32,33)34)19-10-16-22(42-24-23(31)28(16,24)26(35)40)20(38-19)13-4-6-15(30)7-5-13/h4-10,23-24H,11H2,1-3H3,(H2,35,40)(H,36,39)/t23?,24?,27-,28+/m1/s1. The minimum Gasteiger partial charge on any atom is -0.494 e. The number of rotatable bonds is 7. The number of benzene rings is 2. The summed E-state index contributed by atoms with van der Waals surface area (Å²) in [6, 6.07) is 8.54. The van der Waals surface area contributed by atoms with Crippen LogP contribution in [0.1, 0.15) is 33.5 Å². The van der Waals surface area contributed by atoms with Gasteiger partial charge in [0.15, 0.2) is 23.4 Å². The van der Waals surface area contributed by atoms with Crippen LogP contribution in [0.15, 0.2) is 42.5 Å². The van der Waals surface area contributed by atoms with Gasteiger partial charge in [0.05, 0.1) is 22.5 Å². The number of alkyl halides is 4. The number of aromatic nitrogens is 2. The highest BCUT2D eigenvalue weighted by Gasteiger charge is 2.78. The van der Waals surface area contributed by atoms with Gasteiger partial charge in [0.2, 0.25) is 5.91 Å². The van der Waals surface area contributed by atoms with Crippen molar-refractivity contribution in [2.45, 2.75) is 43.1 Å². The normalized spacial score (nSPS) is 21.9. The lowest BCUT2D eigenvalue weighted by atomic mass is 9.82. The molecule has 1 aliphatic heterocycles. The Morgan fingerprint density at radius 2 is 1.86 bits per heavy atom. The summed E-state index contributed by atoms with van der Waals surface area (Å²) in [7, 11) is 1.39. The molecule has 2 aromatic heterocycles. The van der Waals surface area contributed by atoms with E-state index in [1.54, 1.807) is 6.92 Å². The third-order valence-electron chi connectivity index (χ3n) is 8.07. The van der Waals surface area contributed by atoms with Gasteiger partial charge in [-0.25, -0.2) is 18.7 Å². The Labute approximate surface area is 245 Å². The fraction of sp³-hybridized carbons (Fsp3) is 0.310. The van der Waals surface area contributed by atoms with E-state index in [4.69, 9.17) is 15.2 Å². The van der Waals surface area contributed by atoms with Crippen LogP contribution in [-0.4, -0.2) is 53.9 Å². The predicted molar refractivity (Wildman–Crippen MR) is 146 cm³/mol. The van der Waals surface area contributed by atoms with Gasteiger partial charge in [0.25, 0.3) is 5.91 Å². The van der Waals surface area contributed by atoms with E-state index >= 15 is 0 Å². The number of halogens is 5. The van der Waals surface area contributed by atoms with Gasteiger partial charge in [0, 0.05) is 23.2 Å². The van der Waals surface area contributed by atoms with E-state index in [1.807, 2.05) is 0 Å². The fourth-order valence-electron chi connectivity index (χ4n) is 5.44. The largest absolute Gasteiger partial charge is 0.494 e. The molecule has 0 spiro atoms. The molecular formula is C29H23F5N4O4S. The van der Waals surface area contributed by atoms with Crippen LogP contribution in [0.4, 0.5) is 22.0 Å². The molecule has 2 amide bonds. The summed E-state index contributed by atoms with van der Waals surface area (Å²) < 4.78 is 84.8. The number of amides is 2. The Kier molecular flexibility index (Phi) is 6.42. The van der Waals surface area contributed by atoms with Crippen LogP contribution in [-0.2, 0) is 15.6 Å². The van der Waals surface area contributed by atoms with Crippen LogP contribution in [0, 0.1) is 12.7 Å². The Morgan fingerprint density at radius 1 is 1.16 bits per heavy atom. The summed E-state index contributed by atoms with van der Waals surface area (Å²) in [5.41, 5.74) is 0.509. The van der Waals surface area contributed by atoms with Crippen LogP contribution in [0.25, 0.3) is 21.5 Å². The molecule has 6 rings (SSSR count). The maximum Gasteiger partial charge on any atom is 0.401 e. The van der Waals surface area contributed by atoms with Gasteiger partial charge < -0.3 is 20.5 Å². The van der Waals surface area contributed by atoms with Crippen molar-refractivity contribution in [3.8, 4) is 22.8 Å². The van der Waals surface area contributed by atoms with Crippen molar-refractivity contribution in [2.24, 2.45) is 5.73 Å². The lowest BCUT2D eigenvalue weighted by Gasteiger charge is -2.33. The molecule has 1 saturated carbocycles. The van der Waals surface area contributed by atoms with Crippen molar-refractivity contribution in [1.82, 2.24) is 15.3 Å². The lowest BCUT2D eigenvalue weighted by Crippen LogP contribution is -2.49. The molecule has 4 atom stereocenters. The number of fused-ring (bicyclic) bond motifs is 4. The second kappa shape index (κ2) is 9.59. The quantitative estimate of drug-likeness (QED) is 0.285. The number of nitrogens with two attached hydrogens (primary N) is 1. The van der Waals surface area contributed by atoms with Gasteiger partial charge in [-0.2, -0.15) is 13.2 Å². The first-order chi connectivity index (χ1) is 20.2. The number of pyridine rings is 1. The molecule has 224 valence electrons. The van der Waals surface area contributed by atoms with E-state index in [-0.39, 0.29) is 33.9 Å².